The Hall–Kier alpha value is -2.15. The van der Waals surface area contributed by atoms with E-state index >= 15 is 0 Å². The van der Waals surface area contributed by atoms with E-state index in [0.29, 0.717) is 18.7 Å². The van der Waals surface area contributed by atoms with Crippen LogP contribution in [0.3, 0.4) is 0 Å². The van der Waals surface area contributed by atoms with Crippen LogP contribution in [0.5, 0.6) is 0 Å². The Labute approximate surface area is 117 Å². The van der Waals surface area contributed by atoms with Crippen LogP contribution in [0.15, 0.2) is 18.2 Å². The van der Waals surface area contributed by atoms with E-state index in [1.54, 1.807) is 32.0 Å². The molecule has 0 bridgehead atoms. The van der Waals surface area contributed by atoms with E-state index in [0.717, 1.165) is 0 Å². The summed E-state index contributed by atoms with van der Waals surface area (Å²) in [6.45, 7) is 1.94. The van der Waals surface area contributed by atoms with Gasteiger partial charge in [0.25, 0.3) is 11.6 Å². The van der Waals surface area contributed by atoms with Crippen molar-refractivity contribution in [2.45, 2.75) is 19.4 Å². The highest BCUT2D eigenvalue weighted by atomic mass is 16.6. The molecule has 1 aromatic rings. The van der Waals surface area contributed by atoms with Crippen molar-refractivity contribution in [3.05, 3.63) is 33.9 Å². The summed E-state index contributed by atoms with van der Waals surface area (Å²) in [4.78, 5) is 24.1. The van der Waals surface area contributed by atoms with Gasteiger partial charge in [-0.25, -0.2) is 0 Å². The summed E-state index contributed by atoms with van der Waals surface area (Å²) < 4.78 is 0. The Morgan fingerprint density at radius 3 is 2.65 bits per heavy atom. The Morgan fingerprint density at radius 2 is 2.15 bits per heavy atom. The van der Waals surface area contributed by atoms with Gasteiger partial charge < -0.3 is 15.3 Å². The van der Waals surface area contributed by atoms with Gasteiger partial charge >= 0.3 is 0 Å². The molecule has 1 unspecified atom stereocenters. The van der Waals surface area contributed by atoms with Gasteiger partial charge in [-0.1, -0.05) is 0 Å². The second-order valence-corrected chi connectivity index (χ2v) is 4.75. The summed E-state index contributed by atoms with van der Waals surface area (Å²) in [5, 5.41) is 22.6. The van der Waals surface area contributed by atoms with Gasteiger partial charge in [-0.3, -0.25) is 14.9 Å². The first kappa shape index (κ1) is 15.9. The minimum atomic E-state index is -0.536. The van der Waals surface area contributed by atoms with Gasteiger partial charge in [-0.2, -0.15) is 0 Å². The summed E-state index contributed by atoms with van der Waals surface area (Å²) in [6, 6.07) is 4.16. The maximum Gasteiger partial charge on any atom is 0.270 e. The smallest absolute Gasteiger partial charge is 0.270 e. The van der Waals surface area contributed by atoms with E-state index in [4.69, 9.17) is 5.11 Å². The van der Waals surface area contributed by atoms with Crippen LogP contribution >= 0.6 is 0 Å². The number of carbonyl (C=O) groups excluding carboxylic acids is 1. The second-order valence-electron chi connectivity index (χ2n) is 4.75. The van der Waals surface area contributed by atoms with Crippen molar-refractivity contribution in [2.75, 3.05) is 25.5 Å². The van der Waals surface area contributed by atoms with E-state index in [1.807, 2.05) is 0 Å². The molecule has 0 fully saturated rings. The number of benzene rings is 1. The lowest BCUT2D eigenvalue weighted by Gasteiger charge is -2.17. The third-order valence-electron chi connectivity index (χ3n) is 2.77. The van der Waals surface area contributed by atoms with Crippen LogP contribution < -0.4 is 10.2 Å². The standard InChI is InChI=1S/C13H19N3O4/c1-9(17)6-7-14-13(18)11-8-10(16(19)20)4-5-12(11)15(2)3/h4-5,8-9,17H,6-7H2,1-3H3,(H,14,18). The number of amides is 1. The lowest BCUT2D eigenvalue weighted by Crippen LogP contribution is -2.28. The molecular weight excluding hydrogens is 262 g/mol. The maximum absolute atomic E-state index is 12.1. The molecule has 110 valence electrons. The fourth-order valence-corrected chi connectivity index (χ4v) is 1.70. The minimum Gasteiger partial charge on any atom is -0.393 e. The molecule has 1 rings (SSSR count). The SMILES string of the molecule is CC(O)CCNC(=O)c1cc([N+](=O)[O-])ccc1N(C)C. The molecule has 0 aliphatic heterocycles. The third-order valence-corrected chi connectivity index (χ3v) is 2.77. The van der Waals surface area contributed by atoms with Gasteiger partial charge in [0.1, 0.15) is 0 Å². The average molecular weight is 281 g/mol. The molecule has 0 saturated carbocycles. The maximum atomic E-state index is 12.1. The van der Waals surface area contributed by atoms with Crippen LogP contribution in [0.2, 0.25) is 0 Å². The highest BCUT2D eigenvalue weighted by Gasteiger charge is 2.17. The molecule has 0 saturated heterocycles. The van der Waals surface area contributed by atoms with Crippen LogP contribution in [0.25, 0.3) is 0 Å². The first-order chi connectivity index (χ1) is 9.32. The molecule has 2 N–H and O–H groups in total. The number of nitrogens with zero attached hydrogens (tertiary/aromatic N) is 2. The summed E-state index contributed by atoms with van der Waals surface area (Å²) in [5.41, 5.74) is 0.719. The number of anilines is 1. The topological polar surface area (TPSA) is 95.7 Å². The Kier molecular flexibility index (Phi) is 5.45. The number of hydrogen-bond donors (Lipinski definition) is 2. The summed E-state index contributed by atoms with van der Waals surface area (Å²) in [6.07, 6.45) is -0.0773. The largest absolute Gasteiger partial charge is 0.393 e. The van der Waals surface area contributed by atoms with E-state index in [2.05, 4.69) is 5.32 Å². The normalized spacial score (nSPS) is 11.8. The van der Waals surface area contributed by atoms with Crippen molar-refractivity contribution >= 4 is 17.3 Å². The highest BCUT2D eigenvalue weighted by molar-refractivity contribution is 6.00. The predicted octanol–water partition coefficient (Wildman–Crippen LogP) is 1.16. The second kappa shape index (κ2) is 6.85. The number of non-ortho nitro benzene ring substituents is 1. The zero-order valence-electron chi connectivity index (χ0n) is 11.8. The fourth-order valence-electron chi connectivity index (χ4n) is 1.70. The number of carbonyl (C=O) groups is 1. The number of aliphatic hydroxyl groups excluding tert-OH is 1. The lowest BCUT2D eigenvalue weighted by atomic mass is 10.1. The Morgan fingerprint density at radius 1 is 1.50 bits per heavy atom. The zero-order valence-corrected chi connectivity index (χ0v) is 11.8. The van der Waals surface area contributed by atoms with Crippen molar-refractivity contribution in [3.63, 3.8) is 0 Å². The molecule has 1 aromatic carbocycles. The number of hydrogen-bond acceptors (Lipinski definition) is 5. The van der Waals surface area contributed by atoms with Crippen molar-refractivity contribution in [1.29, 1.82) is 0 Å². The molecule has 0 radical (unpaired) electrons. The monoisotopic (exact) mass is 281 g/mol. The van der Waals surface area contributed by atoms with Crippen molar-refractivity contribution in [3.8, 4) is 0 Å². The quantitative estimate of drug-likeness (QED) is 0.602. The minimum absolute atomic E-state index is 0.128. The molecule has 0 aliphatic rings. The van der Waals surface area contributed by atoms with Crippen LogP contribution in [0.4, 0.5) is 11.4 Å². The molecule has 1 atom stereocenters. The van der Waals surface area contributed by atoms with Crippen LogP contribution in [-0.4, -0.2) is 42.7 Å². The fraction of sp³-hybridized carbons (Fsp3) is 0.462. The van der Waals surface area contributed by atoms with E-state index < -0.39 is 16.9 Å². The molecule has 0 aromatic heterocycles. The highest BCUT2D eigenvalue weighted by Crippen LogP contribution is 2.24. The molecular formula is C13H19N3O4. The summed E-state index contributed by atoms with van der Waals surface area (Å²) in [5.74, 6) is -0.391. The molecule has 20 heavy (non-hydrogen) atoms. The number of nitro benzene ring substituents is 1. The third kappa shape index (κ3) is 4.20. The molecule has 0 heterocycles. The van der Waals surface area contributed by atoms with Crippen LogP contribution in [0, 0.1) is 10.1 Å². The van der Waals surface area contributed by atoms with Gasteiger partial charge in [0.2, 0.25) is 0 Å². The molecule has 7 nitrogen and oxygen atoms in total. The number of aliphatic hydroxyl groups is 1. The van der Waals surface area contributed by atoms with Gasteiger partial charge in [0.05, 0.1) is 16.6 Å². The van der Waals surface area contributed by atoms with Gasteiger partial charge in [0.15, 0.2) is 0 Å². The summed E-state index contributed by atoms with van der Waals surface area (Å²) >= 11 is 0. The van der Waals surface area contributed by atoms with Crippen LogP contribution in [-0.2, 0) is 0 Å². The molecule has 0 spiro atoms. The van der Waals surface area contributed by atoms with Gasteiger partial charge in [-0.15, -0.1) is 0 Å². The summed E-state index contributed by atoms with van der Waals surface area (Å²) in [7, 11) is 3.52. The predicted molar refractivity (Wildman–Crippen MR) is 76.1 cm³/mol. The van der Waals surface area contributed by atoms with Crippen molar-refractivity contribution < 1.29 is 14.8 Å². The van der Waals surface area contributed by atoms with Crippen molar-refractivity contribution in [2.24, 2.45) is 0 Å². The first-order valence-corrected chi connectivity index (χ1v) is 6.25. The molecule has 1 amide bonds. The van der Waals surface area contributed by atoms with Crippen LogP contribution in [0.1, 0.15) is 23.7 Å². The van der Waals surface area contributed by atoms with E-state index in [9.17, 15) is 14.9 Å². The van der Waals surface area contributed by atoms with Gasteiger partial charge in [0, 0.05) is 38.5 Å². The Balaban J connectivity index is 2.97. The van der Waals surface area contributed by atoms with Crippen molar-refractivity contribution in [1.82, 2.24) is 5.32 Å². The molecule has 0 aliphatic carbocycles. The van der Waals surface area contributed by atoms with E-state index in [-0.39, 0.29) is 11.3 Å². The number of rotatable bonds is 6. The number of nitro groups is 1. The lowest BCUT2D eigenvalue weighted by molar-refractivity contribution is -0.384. The van der Waals surface area contributed by atoms with Gasteiger partial charge in [-0.05, 0) is 19.4 Å². The number of nitrogens with one attached hydrogen (secondary N) is 1. The van der Waals surface area contributed by atoms with E-state index in [1.165, 1.54) is 12.1 Å². The average Bonchev–Trinajstić information content (AvgIpc) is 2.37. The molecule has 7 heteroatoms. The first-order valence-electron chi connectivity index (χ1n) is 6.25. The zero-order chi connectivity index (χ0) is 15.3. The Bertz CT molecular complexity index is 500.